The molecule has 2 heterocycles. The minimum absolute atomic E-state index is 0.0174. The third-order valence-corrected chi connectivity index (χ3v) is 3.27. The van der Waals surface area contributed by atoms with Crippen molar-refractivity contribution in [3.05, 3.63) is 28.4 Å². The number of rotatable bonds is 1. The normalized spacial score (nSPS) is 23.0. The molecule has 0 aromatic carbocycles. The van der Waals surface area contributed by atoms with Gasteiger partial charge in [-0.15, -0.1) is 0 Å². The summed E-state index contributed by atoms with van der Waals surface area (Å²) in [4.78, 5) is 29.7. The molecule has 1 aliphatic rings. The quantitative estimate of drug-likeness (QED) is 0.722. The lowest BCUT2D eigenvalue weighted by Gasteiger charge is -2.30. The zero-order valence-electron chi connectivity index (χ0n) is 10.4. The molecule has 2 atom stereocenters. The highest BCUT2D eigenvalue weighted by Gasteiger charge is 2.32. The van der Waals surface area contributed by atoms with E-state index in [1.54, 1.807) is 23.6 Å². The molecule has 2 rings (SSSR count). The van der Waals surface area contributed by atoms with Crippen molar-refractivity contribution < 1.29 is 4.79 Å². The van der Waals surface area contributed by atoms with Crippen LogP contribution >= 0.6 is 0 Å². The van der Waals surface area contributed by atoms with Gasteiger partial charge < -0.3 is 4.90 Å². The fraction of sp³-hybridized carbons (Fsp3) is 0.583. The predicted octanol–water partition coefficient (Wildman–Crippen LogP) is 0.770. The van der Waals surface area contributed by atoms with E-state index in [4.69, 9.17) is 0 Å². The number of likely N-dealkylation sites (N-methyl/N-ethyl adjacent to an activating group) is 1. The summed E-state index contributed by atoms with van der Waals surface area (Å²) >= 11 is 0. The van der Waals surface area contributed by atoms with Gasteiger partial charge in [-0.2, -0.15) is 0 Å². The maximum Gasteiger partial charge on any atom is 0.253 e. The molecular weight excluding hydrogens is 218 g/mol. The summed E-state index contributed by atoms with van der Waals surface area (Å²) in [6.07, 6.45) is 3.08. The van der Waals surface area contributed by atoms with Gasteiger partial charge in [-0.05, 0) is 19.8 Å². The van der Waals surface area contributed by atoms with E-state index in [-0.39, 0.29) is 23.4 Å². The van der Waals surface area contributed by atoms with Crippen molar-refractivity contribution in [2.45, 2.75) is 31.7 Å². The molecule has 0 radical (unpaired) electrons. The average molecular weight is 235 g/mol. The first kappa shape index (κ1) is 11.8. The van der Waals surface area contributed by atoms with Gasteiger partial charge >= 0.3 is 0 Å². The number of nitrogens with zero attached hydrogens (tertiary/aromatic N) is 3. The number of amides is 1. The average Bonchev–Trinajstić information content (AvgIpc) is 2.28. The molecule has 0 saturated carbocycles. The Morgan fingerprint density at radius 3 is 2.82 bits per heavy atom. The van der Waals surface area contributed by atoms with Crippen LogP contribution in [0.4, 0.5) is 0 Å². The summed E-state index contributed by atoms with van der Waals surface area (Å²) in [5, 5.41) is 0. The second kappa shape index (κ2) is 4.31. The van der Waals surface area contributed by atoms with Gasteiger partial charge in [-0.3, -0.25) is 14.2 Å². The Kier molecular flexibility index (Phi) is 3.00. The maximum absolute atomic E-state index is 12.0. The first-order valence-electron chi connectivity index (χ1n) is 5.81. The van der Waals surface area contributed by atoms with Crippen LogP contribution in [0.25, 0.3) is 0 Å². The molecule has 5 nitrogen and oxygen atoms in total. The minimum Gasteiger partial charge on any atom is -0.348 e. The first-order valence-corrected chi connectivity index (χ1v) is 5.81. The lowest BCUT2D eigenvalue weighted by Crippen LogP contribution is -2.38. The van der Waals surface area contributed by atoms with Crippen molar-refractivity contribution >= 4 is 5.91 Å². The third kappa shape index (κ3) is 1.97. The Morgan fingerprint density at radius 1 is 1.47 bits per heavy atom. The van der Waals surface area contributed by atoms with E-state index >= 15 is 0 Å². The smallest absolute Gasteiger partial charge is 0.253 e. The summed E-state index contributed by atoms with van der Waals surface area (Å²) < 4.78 is 1.65. The number of fused-ring (bicyclic) bond motifs is 1. The van der Waals surface area contributed by atoms with Crippen molar-refractivity contribution in [1.29, 1.82) is 0 Å². The SMILES string of the molecule is CC1CCC(C(=O)N(C)C)c2nccc(=O)n21. The molecule has 1 aromatic heterocycles. The third-order valence-electron chi connectivity index (χ3n) is 3.27. The summed E-state index contributed by atoms with van der Waals surface area (Å²) in [5.41, 5.74) is -0.0706. The molecule has 0 bridgehead atoms. The van der Waals surface area contributed by atoms with Gasteiger partial charge in [0.05, 0.1) is 5.92 Å². The van der Waals surface area contributed by atoms with Crippen molar-refractivity contribution in [2.75, 3.05) is 14.1 Å². The van der Waals surface area contributed by atoms with Gasteiger partial charge in [0.25, 0.3) is 5.56 Å². The number of carbonyl (C=O) groups is 1. The minimum atomic E-state index is -0.282. The number of hydrogen-bond donors (Lipinski definition) is 0. The standard InChI is InChI=1S/C12H17N3O2/c1-8-4-5-9(12(17)14(2)3)11-13-7-6-10(16)15(8)11/h6-9H,4-5H2,1-3H3. The summed E-state index contributed by atoms with van der Waals surface area (Å²) in [7, 11) is 3.46. The van der Waals surface area contributed by atoms with Crippen molar-refractivity contribution in [3.8, 4) is 0 Å². The van der Waals surface area contributed by atoms with E-state index in [2.05, 4.69) is 4.98 Å². The molecule has 17 heavy (non-hydrogen) atoms. The van der Waals surface area contributed by atoms with Crippen molar-refractivity contribution in [3.63, 3.8) is 0 Å². The monoisotopic (exact) mass is 235 g/mol. The van der Waals surface area contributed by atoms with E-state index < -0.39 is 0 Å². The zero-order valence-corrected chi connectivity index (χ0v) is 10.4. The molecule has 0 fully saturated rings. The second-order valence-corrected chi connectivity index (χ2v) is 4.72. The Bertz CT molecular complexity index is 493. The summed E-state index contributed by atoms with van der Waals surface area (Å²) in [6, 6.07) is 1.57. The number of hydrogen-bond acceptors (Lipinski definition) is 3. The van der Waals surface area contributed by atoms with E-state index in [9.17, 15) is 9.59 Å². The van der Waals surface area contributed by atoms with E-state index in [1.165, 1.54) is 12.3 Å². The maximum atomic E-state index is 12.0. The molecule has 5 heteroatoms. The Morgan fingerprint density at radius 2 is 2.18 bits per heavy atom. The van der Waals surface area contributed by atoms with E-state index in [0.717, 1.165) is 12.8 Å². The molecular formula is C12H17N3O2. The topological polar surface area (TPSA) is 55.2 Å². The highest BCUT2D eigenvalue weighted by Crippen LogP contribution is 2.31. The van der Waals surface area contributed by atoms with Gasteiger partial charge in [0.2, 0.25) is 5.91 Å². The molecule has 1 amide bonds. The van der Waals surface area contributed by atoms with Gasteiger partial charge in [-0.1, -0.05) is 0 Å². The molecule has 1 aliphatic heterocycles. The van der Waals surface area contributed by atoms with Crippen LogP contribution in [-0.4, -0.2) is 34.5 Å². The van der Waals surface area contributed by atoms with Crippen LogP contribution in [0.1, 0.15) is 37.5 Å². The highest BCUT2D eigenvalue weighted by atomic mass is 16.2. The molecule has 0 spiro atoms. The molecule has 0 saturated heterocycles. The zero-order chi connectivity index (χ0) is 12.6. The van der Waals surface area contributed by atoms with E-state index in [1.807, 2.05) is 6.92 Å². The van der Waals surface area contributed by atoms with Crippen LogP contribution in [0.15, 0.2) is 17.1 Å². The molecule has 0 aliphatic carbocycles. The largest absolute Gasteiger partial charge is 0.348 e. The summed E-state index contributed by atoms with van der Waals surface area (Å²) in [5.74, 6) is 0.341. The Balaban J connectivity index is 2.50. The number of aromatic nitrogens is 2. The van der Waals surface area contributed by atoms with Gasteiger partial charge in [0.15, 0.2) is 0 Å². The number of carbonyl (C=O) groups excluding carboxylic acids is 1. The lowest BCUT2D eigenvalue weighted by atomic mass is 9.93. The van der Waals surface area contributed by atoms with Crippen LogP contribution in [0.3, 0.4) is 0 Å². The van der Waals surface area contributed by atoms with Crippen LogP contribution < -0.4 is 5.56 Å². The Labute approximate surface area is 100 Å². The highest BCUT2D eigenvalue weighted by molar-refractivity contribution is 5.82. The first-order chi connectivity index (χ1) is 8.02. The fourth-order valence-electron chi connectivity index (χ4n) is 2.35. The van der Waals surface area contributed by atoms with E-state index in [0.29, 0.717) is 5.82 Å². The predicted molar refractivity (Wildman–Crippen MR) is 63.9 cm³/mol. The van der Waals surface area contributed by atoms with Crippen LogP contribution in [-0.2, 0) is 4.79 Å². The van der Waals surface area contributed by atoms with Crippen LogP contribution in [0.5, 0.6) is 0 Å². The van der Waals surface area contributed by atoms with Gasteiger partial charge in [0.1, 0.15) is 5.82 Å². The molecule has 2 unspecified atom stereocenters. The van der Waals surface area contributed by atoms with Crippen molar-refractivity contribution in [2.24, 2.45) is 0 Å². The van der Waals surface area contributed by atoms with Crippen LogP contribution in [0, 0.1) is 0 Å². The summed E-state index contributed by atoms with van der Waals surface area (Å²) in [6.45, 7) is 1.99. The second-order valence-electron chi connectivity index (χ2n) is 4.72. The molecule has 0 N–H and O–H groups in total. The fourth-order valence-corrected chi connectivity index (χ4v) is 2.35. The lowest BCUT2D eigenvalue weighted by molar-refractivity contribution is -0.131. The Hall–Kier alpha value is -1.65. The van der Waals surface area contributed by atoms with Crippen LogP contribution in [0.2, 0.25) is 0 Å². The van der Waals surface area contributed by atoms with Gasteiger partial charge in [-0.25, -0.2) is 4.98 Å². The van der Waals surface area contributed by atoms with Crippen molar-refractivity contribution in [1.82, 2.24) is 14.5 Å². The molecule has 1 aromatic rings. The van der Waals surface area contributed by atoms with Gasteiger partial charge in [0, 0.05) is 32.4 Å². The molecule has 92 valence electrons.